The van der Waals surface area contributed by atoms with Crippen molar-refractivity contribution < 1.29 is 37.9 Å². The number of hydrogen-bond acceptors (Lipinski definition) is 37. The maximum atomic E-state index is 6.16. The standard InChI is InChI=1S/C25H33N5O2S2.C24H32N6O2S2.C24H31N5O2S2.C23H29N5O2S2/c1-16-14-22(26)28-25(27-16)34-18(3)23-17(2)33-24(29-23)19-8-9-20(31-4)21(15-19)32-13-12-30-10-6-5-7-11-30;1-15-22(16(2)34-24-27-20(25)14-21(26)28-24)29-23(33-15)17-7-8-18(31-3)19(13-17)32-12-11-30-9-5-4-6-10-30;1-15-13-21(25)27-24(26-15)33-17(3)22-16(2)32-23(28-22)18-7-8-19(30-4)20(14-18)31-12-11-29-9-5-6-10-29;1-14-12-20(24)26-23(25-14)32-16(3)21-15(2)31-22(27-21)17-6-7-18(29-4)19(13-17)30-11-10-28-8-5-9-28/h8-9,14-15,18H,5-7,10-13H2,1-4H3,(H2,26,27,28);7-8,13-14,16H,4-6,9-12H2,1-3H3,(H4,25,26,27,28);7-8,13-14,17H,5-6,9-12H2,1-4H3,(H2,25,26,27);6-7,12-13,16H,5,8-11H2,1-4H3,(H2,24,25,26). The number of thioether (sulfide) groups is 4. The lowest BCUT2D eigenvalue weighted by Gasteiger charge is -2.30. The fourth-order valence-electron chi connectivity index (χ4n) is 15.7. The molecule has 4 fully saturated rings. The molecule has 4 saturated heterocycles. The average molecular weight is 1960 g/mol. The number of aryl methyl sites for hydroxylation is 7. The third-order valence-corrected chi connectivity index (χ3v) is 30.7. The highest BCUT2D eigenvalue weighted by Crippen LogP contribution is 2.47. The van der Waals surface area contributed by atoms with Crippen LogP contribution in [0.1, 0.15) is 166 Å². The Bertz CT molecular complexity index is 5550. The minimum atomic E-state index is 0.0460. The second kappa shape index (κ2) is 49.2. The largest absolute Gasteiger partial charge is 0.493 e. The lowest BCUT2D eigenvalue weighted by atomic mass is 10.1. The normalized spacial score (nSPS) is 15.1. The predicted octanol–water partition coefficient (Wildman–Crippen LogP) is 20.2. The average Bonchev–Trinajstić information content (AvgIpc) is 1.68. The number of nitrogen functional groups attached to an aromatic ring is 5. The van der Waals surface area contributed by atoms with Crippen molar-refractivity contribution in [2.45, 2.75) is 176 Å². The van der Waals surface area contributed by atoms with E-state index in [9.17, 15) is 0 Å². The van der Waals surface area contributed by atoms with Crippen LogP contribution in [0.5, 0.6) is 46.0 Å². The number of ether oxygens (including phenoxy) is 8. The van der Waals surface area contributed by atoms with Crippen molar-refractivity contribution in [1.82, 2.24) is 79.4 Å². The fraction of sp³-hybridized carbons (Fsp3) is 0.458. The number of nitrogens with two attached hydrogens (primary N) is 5. The Balaban J connectivity index is 0.000000151. The Morgan fingerprint density at radius 1 is 0.278 bits per heavy atom. The molecule has 29 nitrogen and oxygen atoms in total. The summed E-state index contributed by atoms with van der Waals surface area (Å²) >= 11 is 12.9. The van der Waals surface area contributed by atoms with Gasteiger partial charge in [-0.05, 0) is 246 Å². The third kappa shape index (κ3) is 29.0. The smallest absolute Gasteiger partial charge is 0.192 e. The molecule has 4 aliphatic heterocycles. The third-order valence-electron chi connectivity index (χ3n) is 22.7. The first-order chi connectivity index (χ1) is 64.2. The minimum Gasteiger partial charge on any atom is -0.493 e. The van der Waals surface area contributed by atoms with Gasteiger partial charge in [0.25, 0.3) is 0 Å². The monoisotopic (exact) mass is 1960 g/mol. The number of likely N-dealkylation sites (tertiary alicyclic amines) is 4. The van der Waals surface area contributed by atoms with Crippen molar-refractivity contribution in [3.8, 4) is 88.3 Å². The van der Waals surface area contributed by atoms with Crippen LogP contribution in [0.2, 0.25) is 0 Å². The van der Waals surface area contributed by atoms with Crippen molar-refractivity contribution in [3.05, 3.63) is 156 Å². The molecule has 4 unspecified atom stereocenters. The van der Waals surface area contributed by atoms with E-state index in [0.29, 0.717) is 76.1 Å². The number of thiazole rings is 4. The SMILES string of the molecule is COc1ccc(-c2nc(C(C)Sc3nc(C)cc(N)n3)c(C)s2)cc1OCCN1CCC1.COc1ccc(-c2nc(C(C)Sc3nc(C)cc(N)n3)c(C)s2)cc1OCCN1CCCC1.COc1ccc(-c2nc(C(C)Sc3nc(C)cc(N)n3)c(C)s2)cc1OCCN1CCCCC1.COc1ccc(-c2nc(C(C)Sc3nc(N)cc(N)n3)c(C)s2)cc1OCCN1CCCCC1. The van der Waals surface area contributed by atoms with E-state index in [4.69, 9.17) is 86.5 Å². The molecule has 0 aliphatic carbocycles. The van der Waals surface area contributed by atoms with E-state index in [1.165, 1.54) is 84.2 Å². The summed E-state index contributed by atoms with van der Waals surface area (Å²) in [6.45, 7) is 38.3. The zero-order valence-corrected chi connectivity index (χ0v) is 85.3. The van der Waals surface area contributed by atoms with E-state index in [1.54, 1.807) is 133 Å². The Morgan fingerprint density at radius 2 is 0.496 bits per heavy atom. The fourth-order valence-corrected chi connectivity index (χ4v) is 24.0. The van der Waals surface area contributed by atoms with E-state index >= 15 is 0 Å². The van der Waals surface area contributed by atoms with E-state index in [0.717, 1.165) is 212 Å². The lowest BCUT2D eigenvalue weighted by Crippen LogP contribution is -2.39. The minimum absolute atomic E-state index is 0.0460. The van der Waals surface area contributed by atoms with Crippen molar-refractivity contribution in [1.29, 1.82) is 0 Å². The van der Waals surface area contributed by atoms with Crippen LogP contribution in [0.3, 0.4) is 0 Å². The molecule has 12 aromatic rings. The first-order valence-corrected chi connectivity index (χ1v) is 51.9. The van der Waals surface area contributed by atoms with Gasteiger partial charge in [-0.2, -0.15) is 0 Å². The number of hydrogen-bond donors (Lipinski definition) is 5. The van der Waals surface area contributed by atoms with Crippen molar-refractivity contribution >= 4 is 121 Å². The molecule has 0 radical (unpaired) electrons. The highest BCUT2D eigenvalue weighted by molar-refractivity contribution is 8.00. The summed E-state index contributed by atoms with van der Waals surface area (Å²) in [7, 11) is 6.69. The Kier molecular flexibility index (Phi) is 37.3. The maximum Gasteiger partial charge on any atom is 0.192 e. The molecular formula is C96H125N21O8S8. The molecule has 133 heavy (non-hydrogen) atoms. The van der Waals surface area contributed by atoms with Gasteiger partial charge >= 0.3 is 0 Å². The molecule has 4 aromatic carbocycles. The first kappa shape index (κ1) is 101. The van der Waals surface area contributed by atoms with Crippen LogP contribution in [0, 0.1) is 48.5 Å². The van der Waals surface area contributed by atoms with Crippen LogP contribution in [-0.2, 0) is 0 Å². The summed E-state index contributed by atoms with van der Waals surface area (Å²) in [5, 5.41) is 6.76. The van der Waals surface area contributed by atoms with Crippen LogP contribution in [-0.4, -0.2) is 213 Å². The number of anilines is 5. The van der Waals surface area contributed by atoms with Crippen molar-refractivity contribution in [3.63, 3.8) is 0 Å². The van der Waals surface area contributed by atoms with Gasteiger partial charge in [0.2, 0.25) is 0 Å². The zero-order valence-electron chi connectivity index (χ0n) is 78.8. The molecule has 4 aliphatic rings. The highest BCUT2D eigenvalue weighted by atomic mass is 32.2. The number of methoxy groups -OCH3 is 4. The molecule has 0 saturated carbocycles. The molecule has 16 rings (SSSR count). The van der Waals surface area contributed by atoms with E-state index in [2.05, 4.69) is 115 Å². The highest BCUT2D eigenvalue weighted by Gasteiger charge is 2.27. The van der Waals surface area contributed by atoms with Crippen LogP contribution < -0.4 is 66.6 Å². The van der Waals surface area contributed by atoms with Crippen molar-refractivity contribution in [2.24, 2.45) is 0 Å². The Morgan fingerprint density at radius 3 is 0.714 bits per heavy atom. The van der Waals surface area contributed by atoms with E-state index < -0.39 is 0 Å². The number of nitrogens with zero attached hydrogens (tertiary/aromatic N) is 16. The Hall–Kier alpha value is -9.64. The molecule has 8 aromatic heterocycles. The number of benzene rings is 4. The van der Waals surface area contributed by atoms with Gasteiger partial charge in [-0.1, -0.05) is 59.9 Å². The van der Waals surface area contributed by atoms with Gasteiger partial charge in [-0.25, -0.2) is 59.8 Å². The first-order valence-electron chi connectivity index (χ1n) is 45.1. The summed E-state index contributed by atoms with van der Waals surface area (Å²) in [5.74, 6) is 8.18. The lowest BCUT2D eigenvalue weighted by molar-refractivity contribution is 0.145. The predicted molar refractivity (Wildman–Crippen MR) is 546 cm³/mol. The maximum absolute atomic E-state index is 6.16. The van der Waals surface area contributed by atoms with Crippen LogP contribution in [0.25, 0.3) is 42.3 Å². The molecular weight excluding hydrogens is 1830 g/mol. The van der Waals surface area contributed by atoms with Gasteiger partial charge in [0, 0.05) is 109 Å². The van der Waals surface area contributed by atoms with Gasteiger partial charge in [0.1, 0.15) is 75.5 Å². The van der Waals surface area contributed by atoms with E-state index in [-0.39, 0.29) is 21.0 Å². The number of rotatable bonds is 36. The summed E-state index contributed by atoms with van der Waals surface area (Å²) in [5.41, 5.74) is 40.1. The molecule has 0 spiro atoms. The molecule has 10 N–H and O–H groups in total. The number of piperidine rings is 2. The topological polar surface area (TPSA) is 372 Å². The van der Waals surface area contributed by atoms with Crippen molar-refractivity contribution in [2.75, 3.05) is 162 Å². The molecule has 0 bridgehead atoms. The molecule has 37 heteroatoms. The van der Waals surface area contributed by atoms with Crippen LogP contribution in [0.4, 0.5) is 29.1 Å². The van der Waals surface area contributed by atoms with Gasteiger partial charge in [-0.15, -0.1) is 45.3 Å². The van der Waals surface area contributed by atoms with Gasteiger partial charge in [-0.3, -0.25) is 19.6 Å². The van der Waals surface area contributed by atoms with Gasteiger partial charge < -0.3 is 66.6 Å². The van der Waals surface area contributed by atoms with Crippen LogP contribution in [0.15, 0.2) is 118 Å². The number of aromatic nitrogens is 12. The second-order valence-corrected chi connectivity index (χ2v) is 43.0. The zero-order chi connectivity index (χ0) is 94.2. The van der Waals surface area contributed by atoms with Gasteiger partial charge in [0.15, 0.2) is 66.6 Å². The van der Waals surface area contributed by atoms with E-state index in [1.807, 2.05) is 93.6 Å². The summed E-state index contributed by atoms with van der Waals surface area (Å²) in [6.07, 6.45) is 11.6. The molecule has 12 heterocycles. The van der Waals surface area contributed by atoms with Gasteiger partial charge in [0.05, 0.1) is 72.2 Å². The molecule has 4 atom stereocenters. The summed E-state index contributed by atoms with van der Waals surface area (Å²) in [6, 6.07) is 31.0. The molecule has 710 valence electrons. The Labute approximate surface area is 814 Å². The second-order valence-electron chi connectivity index (χ2n) is 32.9. The molecule has 0 amide bonds. The summed E-state index contributed by atoms with van der Waals surface area (Å²) in [4.78, 5) is 69.4. The van der Waals surface area contributed by atoms with Crippen LogP contribution >= 0.6 is 92.4 Å². The summed E-state index contributed by atoms with van der Waals surface area (Å²) < 4.78 is 46.6. The quantitative estimate of drug-likeness (QED) is 0.0180.